The lowest BCUT2D eigenvalue weighted by Crippen LogP contribution is -2.34. The molecule has 0 saturated heterocycles. The molecule has 0 spiro atoms. The second kappa shape index (κ2) is 6.67. The molecule has 146 valence electrons. The van der Waals surface area contributed by atoms with E-state index in [2.05, 4.69) is 0 Å². The van der Waals surface area contributed by atoms with Crippen molar-refractivity contribution in [3.63, 3.8) is 0 Å². The third-order valence-corrected chi connectivity index (χ3v) is 6.32. The summed E-state index contributed by atoms with van der Waals surface area (Å²) in [4.78, 5) is 14.5. The second-order valence-electron chi connectivity index (χ2n) is 7.37. The Hall–Kier alpha value is -2.80. The summed E-state index contributed by atoms with van der Waals surface area (Å²) in [5.74, 6) is 0.587. The van der Waals surface area contributed by atoms with Gasteiger partial charge in [0.2, 0.25) is 10.0 Å². The highest BCUT2D eigenvalue weighted by atomic mass is 32.2. The van der Waals surface area contributed by atoms with E-state index in [0.717, 1.165) is 22.3 Å². The van der Waals surface area contributed by atoms with E-state index in [1.807, 2.05) is 37.3 Å². The predicted molar refractivity (Wildman–Crippen MR) is 109 cm³/mol. The van der Waals surface area contributed by atoms with E-state index in [0.29, 0.717) is 24.2 Å². The fourth-order valence-electron chi connectivity index (χ4n) is 3.88. The van der Waals surface area contributed by atoms with Crippen LogP contribution in [0.5, 0.6) is 0 Å². The summed E-state index contributed by atoms with van der Waals surface area (Å²) in [6, 6.07) is 14.7. The summed E-state index contributed by atoms with van der Waals surface area (Å²) >= 11 is 0. The normalized spacial score (nSPS) is 16.4. The van der Waals surface area contributed by atoms with Crippen LogP contribution < -0.4 is 4.31 Å². The van der Waals surface area contributed by atoms with Gasteiger partial charge in [0, 0.05) is 24.0 Å². The molecule has 7 heteroatoms. The van der Waals surface area contributed by atoms with E-state index in [4.69, 9.17) is 4.42 Å². The van der Waals surface area contributed by atoms with Gasteiger partial charge in [-0.05, 0) is 49.2 Å². The minimum Gasteiger partial charge on any atom is -0.459 e. The van der Waals surface area contributed by atoms with Crippen LogP contribution in [0.15, 0.2) is 52.9 Å². The van der Waals surface area contributed by atoms with Gasteiger partial charge in [0.05, 0.1) is 18.5 Å². The summed E-state index contributed by atoms with van der Waals surface area (Å²) in [5, 5.41) is 1.01. The Kier molecular flexibility index (Phi) is 4.42. The highest BCUT2D eigenvalue weighted by molar-refractivity contribution is 7.92. The third kappa shape index (κ3) is 3.26. The first-order chi connectivity index (χ1) is 13.2. The minimum atomic E-state index is -3.34. The Labute approximate surface area is 164 Å². The Morgan fingerprint density at radius 2 is 1.96 bits per heavy atom. The molecule has 0 radical (unpaired) electrons. The molecule has 1 aliphatic heterocycles. The molecule has 0 unspecified atom stereocenters. The Bertz CT molecular complexity index is 1130. The standard InChI is InChI=1S/C21H22N2O4S/c1-14-10-17-11-16(8-9-19(17)23(14)28(3,25)26)21(24)22(2)13-18-12-15-6-4-5-7-20(15)27-18/h4-9,11-12,14H,10,13H2,1-3H3/t14-/m1/s1. The molecule has 3 aromatic rings. The van der Waals surface area contributed by atoms with Crippen molar-refractivity contribution in [2.24, 2.45) is 0 Å². The smallest absolute Gasteiger partial charge is 0.254 e. The first-order valence-corrected chi connectivity index (χ1v) is 10.9. The zero-order valence-electron chi connectivity index (χ0n) is 16.0. The molecule has 2 heterocycles. The largest absolute Gasteiger partial charge is 0.459 e. The molecule has 28 heavy (non-hydrogen) atoms. The average Bonchev–Trinajstić information content (AvgIpc) is 3.18. The molecular weight excluding hydrogens is 376 g/mol. The molecular formula is C21H22N2O4S. The van der Waals surface area contributed by atoms with Crippen LogP contribution in [0.3, 0.4) is 0 Å². The fraction of sp³-hybridized carbons (Fsp3) is 0.286. The summed E-state index contributed by atoms with van der Waals surface area (Å²) in [7, 11) is -1.61. The van der Waals surface area contributed by atoms with Crippen LogP contribution in [0, 0.1) is 0 Å². The van der Waals surface area contributed by atoms with Gasteiger partial charge >= 0.3 is 0 Å². The molecule has 4 rings (SSSR count). The lowest BCUT2D eigenvalue weighted by Gasteiger charge is -2.22. The van der Waals surface area contributed by atoms with E-state index >= 15 is 0 Å². The van der Waals surface area contributed by atoms with Crippen LogP contribution in [0.25, 0.3) is 11.0 Å². The van der Waals surface area contributed by atoms with Gasteiger partial charge in [-0.3, -0.25) is 9.10 Å². The first-order valence-electron chi connectivity index (χ1n) is 9.09. The lowest BCUT2D eigenvalue weighted by molar-refractivity contribution is 0.0776. The average molecular weight is 398 g/mol. The summed E-state index contributed by atoms with van der Waals surface area (Å²) in [5.41, 5.74) is 2.87. The van der Waals surface area contributed by atoms with Gasteiger partial charge in [0.1, 0.15) is 11.3 Å². The van der Waals surface area contributed by atoms with Gasteiger partial charge in [-0.1, -0.05) is 18.2 Å². The number of sulfonamides is 1. The second-order valence-corrected chi connectivity index (χ2v) is 9.23. The van der Waals surface area contributed by atoms with Crippen molar-refractivity contribution in [2.75, 3.05) is 17.6 Å². The number of carbonyl (C=O) groups excluding carboxylic acids is 1. The van der Waals surface area contributed by atoms with Gasteiger partial charge < -0.3 is 9.32 Å². The van der Waals surface area contributed by atoms with Crippen molar-refractivity contribution in [1.82, 2.24) is 4.90 Å². The maximum absolute atomic E-state index is 12.9. The van der Waals surface area contributed by atoms with Crippen molar-refractivity contribution in [3.05, 3.63) is 65.4 Å². The van der Waals surface area contributed by atoms with Gasteiger partial charge in [0.15, 0.2) is 0 Å². The van der Waals surface area contributed by atoms with Crippen LogP contribution in [0.2, 0.25) is 0 Å². The number of hydrogen-bond donors (Lipinski definition) is 0. The topological polar surface area (TPSA) is 70.8 Å². The number of carbonyl (C=O) groups is 1. The predicted octanol–water partition coefficient (Wildman–Crippen LogP) is 3.42. The molecule has 0 aliphatic carbocycles. The zero-order valence-corrected chi connectivity index (χ0v) is 16.9. The van der Waals surface area contributed by atoms with Gasteiger partial charge in [-0.2, -0.15) is 0 Å². The Morgan fingerprint density at radius 1 is 1.21 bits per heavy atom. The number of anilines is 1. The number of rotatable bonds is 4. The molecule has 1 amide bonds. The molecule has 0 N–H and O–H groups in total. The number of nitrogens with zero attached hydrogens (tertiary/aromatic N) is 2. The number of fused-ring (bicyclic) bond motifs is 2. The van der Waals surface area contributed by atoms with E-state index < -0.39 is 10.0 Å². The van der Waals surface area contributed by atoms with E-state index in [9.17, 15) is 13.2 Å². The van der Waals surface area contributed by atoms with Crippen molar-refractivity contribution < 1.29 is 17.6 Å². The quantitative estimate of drug-likeness (QED) is 0.675. The third-order valence-electron chi connectivity index (χ3n) is 5.05. The molecule has 6 nitrogen and oxygen atoms in total. The summed E-state index contributed by atoms with van der Waals surface area (Å²) in [6.45, 7) is 2.23. The number of hydrogen-bond acceptors (Lipinski definition) is 4. The Balaban J connectivity index is 1.56. The number of para-hydroxylation sites is 1. The summed E-state index contributed by atoms with van der Waals surface area (Å²) < 4.78 is 31.3. The molecule has 1 aliphatic rings. The van der Waals surface area contributed by atoms with Crippen molar-refractivity contribution >= 4 is 32.6 Å². The lowest BCUT2D eigenvalue weighted by atomic mass is 10.1. The number of amides is 1. The van der Waals surface area contributed by atoms with Crippen molar-refractivity contribution in [1.29, 1.82) is 0 Å². The van der Waals surface area contributed by atoms with Crippen LogP contribution in [-0.2, 0) is 23.0 Å². The highest BCUT2D eigenvalue weighted by Crippen LogP contribution is 2.35. The fourth-order valence-corrected chi connectivity index (χ4v) is 5.15. The van der Waals surface area contributed by atoms with Gasteiger partial charge in [0.25, 0.3) is 5.91 Å². The first kappa shape index (κ1) is 18.6. The molecule has 1 aromatic heterocycles. The van der Waals surface area contributed by atoms with E-state index in [1.54, 1.807) is 30.1 Å². The summed E-state index contributed by atoms with van der Waals surface area (Å²) in [6.07, 6.45) is 1.80. The minimum absolute atomic E-state index is 0.131. The van der Waals surface area contributed by atoms with Crippen molar-refractivity contribution in [3.8, 4) is 0 Å². The van der Waals surface area contributed by atoms with Crippen LogP contribution >= 0.6 is 0 Å². The van der Waals surface area contributed by atoms with Gasteiger partial charge in [-0.15, -0.1) is 0 Å². The monoisotopic (exact) mass is 398 g/mol. The van der Waals surface area contributed by atoms with Crippen LogP contribution in [0.1, 0.15) is 28.6 Å². The maximum atomic E-state index is 12.9. The van der Waals surface area contributed by atoms with E-state index in [1.165, 1.54) is 10.6 Å². The zero-order chi connectivity index (χ0) is 20.1. The van der Waals surface area contributed by atoms with Crippen LogP contribution in [0.4, 0.5) is 5.69 Å². The number of benzene rings is 2. The van der Waals surface area contributed by atoms with Crippen LogP contribution in [-0.4, -0.2) is 38.6 Å². The van der Waals surface area contributed by atoms with Gasteiger partial charge in [-0.25, -0.2) is 8.42 Å². The molecule has 0 saturated carbocycles. The number of furan rings is 1. The molecule has 0 bridgehead atoms. The maximum Gasteiger partial charge on any atom is 0.254 e. The molecule has 0 fully saturated rings. The molecule has 2 aromatic carbocycles. The van der Waals surface area contributed by atoms with E-state index in [-0.39, 0.29) is 11.9 Å². The highest BCUT2D eigenvalue weighted by Gasteiger charge is 2.33. The Morgan fingerprint density at radius 3 is 2.68 bits per heavy atom. The van der Waals surface area contributed by atoms with Crippen molar-refractivity contribution in [2.45, 2.75) is 25.9 Å². The molecule has 1 atom stereocenters. The SMILES string of the molecule is C[C@@H]1Cc2cc(C(=O)N(C)Cc3cc4ccccc4o3)ccc2N1S(C)(=O)=O.